The number of aliphatic hydroxyl groups excluding tert-OH is 1. The molecule has 2 fully saturated rings. The van der Waals surface area contributed by atoms with Crippen molar-refractivity contribution in [2.75, 3.05) is 24.6 Å². The molecule has 4 aliphatic rings. The van der Waals surface area contributed by atoms with Crippen LogP contribution in [0.1, 0.15) is 79.3 Å². The molecular formula is C34H43ClN2O6S. The number of benzene rings is 2. The number of primary sulfonamides is 1. The van der Waals surface area contributed by atoms with Gasteiger partial charge in [0.1, 0.15) is 5.75 Å². The zero-order valence-corrected chi connectivity index (χ0v) is 26.6. The third kappa shape index (κ3) is 6.39. The summed E-state index contributed by atoms with van der Waals surface area (Å²) >= 11 is 6.37. The van der Waals surface area contributed by atoms with Gasteiger partial charge in [-0.15, -0.1) is 0 Å². The number of anilines is 1. The molecule has 0 bridgehead atoms. The molecule has 4 N–H and O–H groups in total. The first-order valence-corrected chi connectivity index (χ1v) is 17.9. The van der Waals surface area contributed by atoms with Crippen LogP contribution in [0.2, 0.25) is 5.02 Å². The minimum atomic E-state index is -3.58. The van der Waals surface area contributed by atoms with E-state index in [0.717, 1.165) is 62.1 Å². The number of aromatic carboxylic acids is 1. The van der Waals surface area contributed by atoms with E-state index in [9.17, 15) is 23.4 Å². The number of hydrogen-bond acceptors (Lipinski definition) is 6. The number of nitrogens with zero attached hydrogens (tertiary/aromatic N) is 1. The minimum Gasteiger partial charge on any atom is -0.490 e. The van der Waals surface area contributed by atoms with E-state index in [4.69, 9.17) is 21.5 Å². The van der Waals surface area contributed by atoms with Crippen molar-refractivity contribution >= 4 is 33.3 Å². The van der Waals surface area contributed by atoms with Crippen LogP contribution in [0, 0.1) is 17.8 Å². The highest BCUT2D eigenvalue weighted by atomic mass is 35.5. The molecule has 0 saturated heterocycles. The van der Waals surface area contributed by atoms with Crippen LogP contribution in [0.4, 0.5) is 5.69 Å². The van der Waals surface area contributed by atoms with E-state index in [-0.39, 0.29) is 28.7 Å². The lowest BCUT2D eigenvalue weighted by molar-refractivity contribution is 0.0455. The first-order valence-electron chi connectivity index (χ1n) is 15.9. The van der Waals surface area contributed by atoms with Crippen LogP contribution in [0.3, 0.4) is 0 Å². The highest BCUT2D eigenvalue weighted by molar-refractivity contribution is 7.89. The minimum absolute atomic E-state index is 0.0131. The van der Waals surface area contributed by atoms with Gasteiger partial charge in [-0.2, -0.15) is 0 Å². The average Bonchev–Trinajstić information content (AvgIpc) is 3.12. The van der Waals surface area contributed by atoms with Gasteiger partial charge in [0.05, 0.1) is 29.2 Å². The van der Waals surface area contributed by atoms with Gasteiger partial charge >= 0.3 is 5.97 Å². The average molecular weight is 643 g/mol. The van der Waals surface area contributed by atoms with Crippen LogP contribution >= 0.6 is 11.6 Å². The molecule has 3 aliphatic carbocycles. The van der Waals surface area contributed by atoms with E-state index >= 15 is 0 Å². The fourth-order valence-corrected chi connectivity index (χ4v) is 9.69. The Morgan fingerprint density at radius 2 is 1.93 bits per heavy atom. The number of carbonyl (C=O) groups is 1. The Morgan fingerprint density at radius 1 is 1.11 bits per heavy atom. The molecule has 1 spiro atoms. The molecule has 1 aliphatic heterocycles. The Bertz CT molecular complexity index is 1530. The molecule has 6 atom stereocenters. The summed E-state index contributed by atoms with van der Waals surface area (Å²) in [6.45, 7) is 1.86. The van der Waals surface area contributed by atoms with Gasteiger partial charge in [0, 0.05) is 23.5 Å². The number of nitrogens with two attached hydrogens (primary N) is 1. The summed E-state index contributed by atoms with van der Waals surface area (Å²) in [5, 5.41) is 26.7. The fraction of sp³-hybridized carbons (Fsp3) is 0.559. The van der Waals surface area contributed by atoms with Crippen molar-refractivity contribution in [1.29, 1.82) is 0 Å². The molecule has 2 aromatic rings. The number of aliphatic hydroxyl groups is 1. The molecule has 6 rings (SSSR count). The quantitative estimate of drug-likeness (QED) is 0.315. The summed E-state index contributed by atoms with van der Waals surface area (Å²) in [6.07, 6.45) is 11.9. The Kier molecular flexibility index (Phi) is 9.03. The van der Waals surface area contributed by atoms with Gasteiger partial charge in [-0.3, -0.25) is 0 Å². The largest absolute Gasteiger partial charge is 0.490 e. The number of fused-ring (bicyclic) bond motifs is 3. The number of allylic oxidation sites excluding steroid dienone is 1. The molecule has 238 valence electrons. The predicted molar refractivity (Wildman–Crippen MR) is 172 cm³/mol. The standard InChI is InChI=1S/C34H43ClN2O6S/c35-26-12-14-28-23(17-26)7-4-16-34(28)20-37(29-18-24(33(39)40)11-15-31(29)43-21-34)19-25-10-13-27(25)30(38)8-3-6-22-5-1-2-9-32(22)44(36,41)42/h3,8,11-12,14-15,17-18,22,25,27,30,32,38H,1-2,4-7,9-10,13,16,19-21H2,(H,39,40)(H2,36,41,42)/b8-3+/t22-,25-,27+,30-,32+,34-/m0/s1. The summed E-state index contributed by atoms with van der Waals surface area (Å²) < 4.78 is 30.7. The van der Waals surface area contributed by atoms with Crippen molar-refractivity contribution in [3.8, 4) is 5.75 Å². The zero-order chi connectivity index (χ0) is 31.1. The lowest BCUT2D eigenvalue weighted by Gasteiger charge is -2.45. The Hall–Kier alpha value is -2.59. The highest BCUT2D eigenvalue weighted by Crippen LogP contribution is 2.46. The van der Waals surface area contributed by atoms with E-state index in [1.165, 1.54) is 11.1 Å². The predicted octanol–water partition coefficient (Wildman–Crippen LogP) is 5.69. The van der Waals surface area contributed by atoms with E-state index in [0.29, 0.717) is 38.3 Å². The van der Waals surface area contributed by atoms with Gasteiger partial charge in [0.15, 0.2) is 0 Å². The maximum Gasteiger partial charge on any atom is 0.335 e. The highest BCUT2D eigenvalue weighted by Gasteiger charge is 2.44. The smallest absolute Gasteiger partial charge is 0.335 e. The van der Waals surface area contributed by atoms with E-state index in [1.807, 2.05) is 18.2 Å². The van der Waals surface area contributed by atoms with Crippen LogP contribution in [0.5, 0.6) is 5.75 Å². The van der Waals surface area contributed by atoms with Crippen molar-refractivity contribution < 1.29 is 28.2 Å². The normalized spacial score (nSPS) is 29.3. The number of sulfonamides is 1. The first-order chi connectivity index (χ1) is 21.0. The SMILES string of the molecule is NS(=O)(=O)[C@@H]1CCCC[C@H]1C/C=C/[C@H](O)[C@@H]1CC[C@H]1CN1C[C@@]2(CCCc3cc(Cl)ccc32)COc2ccc(C(=O)O)cc21. The van der Waals surface area contributed by atoms with Crippen molar-refractivity contribution in [2.24, 2.45) is 22.9 Å². The molecule has 2 aromatic carbocycles. The molecule has 1 heterocycles. The van der Waals surface area contributed by atoms with Gasteiger partial charge in [-0.1, -0.05) is 42.7 Å². The van der Waals surface area contributed by atoms with Gasteiger partial charge in [0.25, 0.3) is 0 Å². The molecule has 0 aromatic heterocycles. The molecule has 0 amide bonds. The number of carboxylic acids is 1. The second-order valence-electron chi connectivity index (χ2n) is 13.4. The number of hydrogen-bond donors (Lipinski definition) is 3. The topological polar surface area (TPSA) is 130 Å². The summed E-state index contributed by atoms with van der Waals surface area (Å²) in [4.78, 5) is 14.2. The second-order valence-corrected chi connectivity index (χ2v) is 15.6. The second kappa shape index (κ2) is 12.7. The summed E-state index contributed by atoms with van der Waals surface area (Å²) in [5.74, 6) is -0.0299. The zero-order valence-electron chi connectivity index (χ0n) is 25.0. The molecule has 0 unspecified atom stereocenters. The van der Waals surface area contributed by atoms with E-state index < -0.39 is 27.3 Å². The number of rotatable bonds is 8. The molecule has 10 heteroatoms. The lowest BCUT2D eigenvalue weighted by atomic mass is 9.68. The molecule has 2 saturated carbocycles. The third-order valence-corrected chi connectivity index (χ3v) is 12.4. The van der Waals surface area contributed by atoms with Gasteiger partial charge < -0.3 is 19.8 Å². The van der Waals surface area contributed by atoms with Crippen LogP contribution in [-0.2, 0) is 21.9 Å². The van der Waals surface area contributed by atoms with E-state index in [2.05, 4.69) is 17.0 Å². The summed E-state index contributed by atoms with van der Waals surface area (Å²) in [6, 6.07) is 11.2. The van der Waals surface area contributed by atoms with Crippen molar-refractivity contribution in [3.05, 3.63) is 70.3 Å². The lowest BCUT2D eigenvalue weighted by Crippen LogP contribution is -2.49. The van der Waals surface area contributed by atoms with Crippen LogP contribution in [-0.4, -0.2) is 55.7 Å². The first kappa shape index (κ1) is 31.4. The van der Waals surface area contributed by atoms with Crippen molar-refractivity contribution in [1.82, 2.24) is 0 Å². The van der Waals surface area contributed by atoms with Crippen LogP contribution in [0.15, 0.2) is 48.6 Å². The van der Waals surface area contributed by atoms with Crippen LogP contribution in [0.25, 0.3) is 0 Å². The molecular weight excluding hydrogens is 600 g/mol. The van der Waals surface area contributed by atoms with Crippen molar-refractivity contribution in [3.63, 3.8) is 0 Å². The van der Waals surface area contributed by atoms with Gasteiger partial charge in [-0.05, 0) is 111 Å². The number of carboxylic acid groups (broad SMARTS) is 1. The Morgan fingerprint density at radius 3 is 2.68 bits per heavy atom. The van der Waals surface area contributed by atoms with Crippen molar-refractivity contribution in [2.45, 2.75) is 81.0 Å². The monoisotopic (exact) mass is 642 g/mol. The number of halogens is 1. The number of ether oxygens (including phenoxy) is 1. The van der Waals surface area contributed by atoms with E-state index in [1.54, 1.807) is 18.2 Å². The molecule has 8 nitrogen and oxygen atoms in total. The summed E-state index contributed by atoms with van der Waals surface area (Å²) in [5.41, 5.74) is 3.23. The van der Waals surface area contributed by atoms with Gasteiger partial charge in [-0.25, -0.2) is 18.4 Å². The molecule has 0 radical (unpaired) electrons. The summed E-state index contributed by atoms with van der Waals surface area (Å²) in [7, 11) is -3.58. The molecule has 44 heavy (non-hydrogen) atoms. The van der Waals surface area contributed by atoms with Crippen LogP contribution < -0.4 is 14.8 Å². The third-order valence-electron chi connectivity index (χ3n) is 10.7. The Balaban J connectivity index is 1.22. The van der Waals surface area contributed by atoms with Gasteiger partial charge in [0.2, 0.25) is 10.0 Å². The Labute approximate surface area is 265 Å². The fourth-order valence-electron chi connectivity index (χ4n) is 8.21. The maximum absolute atomic E-state index is 12.1. The maximum atomic E-state index is 12.1. The number of aryl methyl sites for hydroxylation is 1.